The fourth-order valence-corrected chi connectivity index (χ4v) is 6.16. The Kier molecular flexibility index (Phi) is 7.00. The smallest absolute Gasteiger partial charge is 0.304 e. The van der Waals surface area contributed by atoms with Gasteiger partial charge in [0.15, 0.2) is 0 Å². The molecule has 2 atom stereocenters. The van der Waals surface area contributed by atoms with E-state index in [1.165, 1.54) is 0 Å². The molecule has 0 radical (unpaired) electrons. The van der Waals surface area contributed by atoms with E-state index in [1.807, 2.05) is 23.1 Å². The standard InChI is InChI=1S/C32H34N2O6/c1-19-13-23(38-12-11-34-10-4-7-29(34)35)14-20(2)31(19)26-6-3-5-25-27(18-40-32(25)26)33-22-8-9-24-21(15-30(36)37)17-39-28(24)16-22/h3,5-6,8-9,13-14,16,21,27,33H,4,7,10-12,15,17-18H2,1-2H3,(H,36,37). The predicted molar refractivity (Wildman–Crippen MR) is 151 cm³/mol. The summed E-state index contributed by atoms with van der Waals surface area (Å²) in [7, 11) is 0. The lowest BCUT2D eigenvalue weighted by Crippen LogP contribution is -2.29. The number of fused-ring (bicyclic) bond motifs is 2. The molecule has 3 aliphatic heterocycles. The van der Waals surface area contributed by atoms with Gasteiger partial charge in [-0.3, -0.25) is 9.59 Å². The highest BCUT2D eigenvalue weighted by Gasteiger charge is 2.30. The largest absolute Gasteiger partial charge is 0.493 e. The van der Waals surface area contributed by atoms with E-state index in [9.17, 15) is 9.59 Å². The van der Waals surface area contributed by atoms with E-state index >= 15 is 0 Å². The number of ether oxygens (including phenoxy) is 3. The average molecular weight is 543 g/mol. The second-order valence-electron chi connectivity index (χ2n) is 10.9. The van der Waals surface area contributed by atoms with Crippen molar-refractivity contribution in [1.82, 2.24) is 4.90 Å². The minimum absolute atomic E-state index is 0.0271. The lowest BCUT2D eigenvalue weighted by molar-refractivity contribution is -0.137. The molecule has 3 aromatic carbocycles. The first-order valence-electron chi connectivity index (χ1n) is 13.9. The molecule has 8 nitrogen and oxygen atoms in total. The zero-order valence-electron chi connectivity index (χ0n) is 22.9. The summed E-state index contributed by atoms with van der Waals surface area (Å²) >= 11 is 0. The molecule has 1 fully saturated rings. The van der Waals surface area contributed by atoms with Gasteiger partial charge in [-0.05, 0) is 55.2 Å². The number of para-hydroxylation sites is 1. The molecule has 6 rings (SSSR count). The molecule has 0 aliphatic carbocycles. The van der Waals surface area contributed by atoms with E-state index in [2.05, 4.69) is 49.5 Å². The highest BCUT2D eigenvalue weighted by atomic mass is 16.5. The van der Waals surface area contributed by atoms with Crippen molar-refractivity contribution < 1.29 is 28.9 Å². The molecule has 1 amide bonds. The lowest BCUT2D eigenvalue weighted by Gasteiger charge is -2.18. The zero-order valence-corrected chi connectivity index (χ0v) is 22.9. The molecule has 2 N–H and O–H groups in total. The number of aliphatic carboxylic acids is 1. The van der Waals surface area contributed by atoms with Gasteiger partial charge in [-0.15, -0.1) is 0 Å². The van der Waals surface area contributed by atoms with Crippen molar-refractivity contribution in [3.8, 4) is 28.4 Å². The van der Waals surface area contributed by atoms with Gasteiger partial charge in [0.05, 0.1) is 25.6 Å². The van der Waals surface area contributed by atoms with Crippen molar-refractivity contribution in [2.45, 2.75) is 45.1 Å². The van der Waals surface area contributed by atoms with Gasteiger partial charge in [0.1, 0.15) is 30.5 Å². The fraction of sp³-hybridized carbons (Fsp3) is 0.375. The highest BCUT2D eigenvalue weighted by molar-refractivity contribution is 5.79. The van der Waals surface area contributed by atoms with Crippen LogP contribution in [0.2, 0.25) is 0 Å². The highest BCUT2D eigenvalue weighted by Crippen LogP contribution is 2.45. The van der Waals surface area contributed by atoms with Crippen LogP contribution < -0.4 is 19.5 Å². The number of hydrogen-bond donors (Lipinski definition) is 2. The normalized spacial score (nSPS) is 19.1. The van der Waals surface area contributed by atoms with Gasteiger partial charge in [0.25, 0.3) is 0 Å². The number of anilines is 1. The van der Waals surface area contributed by atoms with Crippen LogP contribution in [0.1, 0.15) is 53.5 Å². The molecule has 40 heavy (non-hydrogen) atoms. The number of carbonyl (C=O) groups excluding carboxylic acids is 1. The number of likely N-dealkylation sites (tertiary alicyclic amines) is 1. The Bertz CT molecular complexity index is 1440. The molecule has 3 heterocycles. The predicted octanol–water partition coefficient (Wildman–Crippen LogP) is 5.47. The summed E-state index contributed by atoms with van der Waals surface area (Å²) in [6.45, 7) is 6.99. The number of carboxylic acids is 1. The van der Waals surface area contributed by atoms with Gasteiger partial charge in [-0.1, -0.05) is 24.3 Å². The number of rotatable bonds is 9. The molecule has 0 aromatic heterocycles. The second-order valence-corrected chi connectivity index (χ2v) is 10.9. The SMILES string of the molecule is Cc1cc(OCCN2CCCC2=O)cc(C)c1-c1cccc2c1OCC2Nc1ccc2c(c1)OCC2CC(=O)O. The van der Waals surface area contributed by atoms with Crippen LogP contribution in [0.4, 0.5) is 5.69 Å². The number of hydrogen-bond acceptors (Lipinski definition) is 6. The van der Waals surface area contributed by atoms with Crippen LogP contribution in [0.25, 0.3) is 11.1 Å². The van der Waals surface area contributed by atoms with Crippen molar-refractivity contribution in [2.75, 3.05) is 38.2 Å². The first-order chi connectivity index (χ1) is 19.4. The van der Waals surface area contributed by atoms with Crippen molar-refractivity contribution in [1.29, 1.82) is 0 Å². The number of nitrogens with one attached hydrogen (secondary N) is 1. The van der Waals surface area contributed by atoms with Crippen molar-refractivity contribution in [2.24, 2.45) is 0 Å². The van der Waals surface area contributed by atoms with Crippen LogP contribution in [0, 0.1) is 13.8 Å². The van der Waals surface area contributed by atoms with Crippen LogP contribution in [-0.4, -0.2) is 54.8 Å². The zero-order chi connectivity index (χ0) is 27.8. The van der Waals surface area contributed by atoms with E-state index in [0.717, 1.165) is 69.3 Å². The molecule has 8 heteroatoms. The van der Waals surface area contributed by atoms with Crippen molar-refractivity contribution in [3.05, 3.63) is 70.8 Å². The van der Waals surface area contributed by atoms with Crippen LogP contribution in [0.3, 0.4) is 0 Å². The monoisotopic (exact) mass is 542 g/mol. The summed E-state index contributed by atoms with van der Waals surface area (Å²) in [5.41, 5.74) is 7.35. The molecule has 2 unspecified atom stereocenters. The third-order valence-electron chi connectivity index (χ3n) is 8.05. The maximum Gasteiger partial charge on any atom is 0.304 e. The number of carbonyl (C=O) groups is 2. The van der Waals surface area contributed by atoms with E-state index in [4.69, 9.17) is 19.3 Å². The Morgan fingerprint density at radius 2 is 1.90 bits per heavy atom. The van der Waals surface area contributed by atoms with Crippen molar-refractivity contribution in [3.63, 3.8) is 0 Å². The minimum Gasteiger partial charge on any atom is -0.493 e. The lowest BCUT2D eigenvalue weighted by atomic mass is 9.92. The average Bonchev–Trinajstić information content (AvgIpc) is 3.63. The minimum atomic E-state index is -0.818. The fourth-order valence-electron chi connectivity index (χ4n) is 6.16. The van der Waals surface area contributed by atoms with Crippen LogP contribution >= 0.6 is 0 Å². The first-order valence-corrected chi connectivity index (χ1v) is 13.9. The summed E-state index contributed by atoms with van der Waals surface area (Å²) < 4.78 is 18.1. The molecule has 208 valence electrons. The Labute approximate surface area is 233 Å². The molecule has 0 spiro atoms. The summed E-state index contributed by atoms with van der Waals surface area (Å²) in [4.78, 5) is 24.9. The summed E-state index contributed by atoms with van der Waals surface area (Å²) in [6, 6.07) is 16.2. The molecular weight excluding hydrogens is 508 g/mol. The molecule has 3 aliphatic rings. The quantitative estimate of drug-likeness (QED) is 0.370. The third kappa shape index (κ3) is 5.06. The summed E-state index contributed by atoms with van der Waals surface area (Å²) in [5.74, 6) is 1.71. The molecule has 3 aromatic rings. The number of benzene rings is 3. The topological polar surface area (TPSA) is 97.3 Å². The van der Waals surface area contributed by atoms with Gasteiger partial charge in [-0.2, -0.15) is 0 Å². The van der Waals surface area contributed by atoms with Crippen LogP contribution in [0.5, 0.6) is 17.2 Å². The Morgan fingerprint density at radius 1 is 1.07 bits per heavy atom. The van der Waals surface area contributed by atoms with Crippen LogP contribution in [-0.2, 0) is 9.59 Å². The second kappa shape index (κ2) is 10.8. The van der Waals surface area contributed by atoms with Crippen LogP contribution in [0.15, 0.2) is 48.5 Å². The molecule has 0 bridgehead atoms. The van der Waals surface area contributed by atoms with E-state index in [0.29, 0.717) is 32.8 Å². The molecule has 1 saturated heterocycles. The summed E-state index contributed by atoms with van der Waals surface area (Å²) in [5, 5.41) is 12.7. The third-order valence-corrected chi connectivity index (χ3v) is 8.05. The Hall–Kier alpha value is -4.20. The molecule has 0 saturated carbocycles. The maximum atomic E-state index is 11.9. The van der Waals surface area contributed by atoms with E-state index in [-0.39, 0.29) is 24.3 Å². The van der Waals surface area contributed by atoms with Gasteiger partial charge in [0, 0.05) is 47.3 Å². The van der Waals surface area contributed by atoms with E-state index in [1.54, 1.807) is 0 Å². The van der Waals surface area contributed by atoms with Gasteiger partial charge < -0.3 is 29.5 Å². The van der Waals surface area contributed by atoms with Crippen molar-refractivity contribution >= 4 is 17.6 Å². The molecular formula is C32H34N2O6. The number of aryl methyl sites for hydroxylation is 2. The summed E-state index contributed by atoms with van der Waals surface area (Å²) in [6.07, 6.45) is 1.64. The Morgan fingerprint density at radius 3 is 2.65 bits per heavy atom. The van der Waals surface area contributed by atoms with Gasteiger partial charge >= 0.3 is 5.97 Å². The number of carboxylic acid groups (broad SMARTS) is 1. The van der Waals surface area contributed by atoms with E-state index < -0.39 is 5.97 Å². The first kappa shape index (κ1) is 26.0. The number of nitrogens with zero attached hydrogens (tertiary/aromatic N) is 1. The van der Waals surface area contributed by atoms with Gasteiger partial charge in [-0.25, -0.2) is 0 Å². The maximum absolute atomic E-state index is 11.9. The Balaban J connectivity index is 1.18. The van der Waals surface area contributed by atoms with Gasteiger partial charge in [0.2, 0.25) is 5.91 Å². The number of amides is 1.